The molecule has 0 unspecified atom stereocenters. The normalized spacial score (nSPS) is 22.4. The molecule has 4 atom stereocenters. The van der Waals surface area contributed by atoms with Crippen LogP contribution in [0.4, 0.5) is 4.79 Å². The molecule has 5 aromatic rings. The van der Waals surface area contributed by atoms with Gasteiger partial charge in [0, 0.05) is 36.8 Å². The molecule has 0 aromatic heterocycles. The summed E-state index contributed by atoms with van der Waals surface area (Å²) in [6.45, 7) is 5.13. The molecule has 296 valence electrons. The Labute approximate surface area is 337 Å². The van der Waals surface area contributed by atoms with Crippen molar-refractivity contribution in [3.05, 3.63) is 149 Å². The summed E-state index contributed by atoms with van der Waals surface area (Å²) in [6.07, 6.45) is 6.02. The van der Waals surface area contributed by atoms with E-state index in [9.17, 15) is 19.8 Å². The van der Waals surface area contributed by atoms with Gasteiger partial charge in [-0.2, -0.15) is 0 Å². The van der Waals surface area contributed by atoms with Crippen LogP contribution in [0.15, 0.2) is 127 Å². The zero-order valence-electron chi connectivity index (χ0n) is 33.5. The van der Waals surface area contributed by atoms with Crippen molar-refractivity contribution < 1.29 is 29.3 Å². The molecule has 0 aliphatic heterocycles. The fourth-order valence-electron chi connectivity index (χ4n) is 9.14. The number of ketones is 1. The van der Waals surface area contributed by atoms with Crippen LogP contribution in [0, 0.1) is 5.41 Å². The number of allylic oxidation sites excluding steroid dienone is 2. The first kappa shape index (κ1) is 40.1. The molecule has 0 heterocycles. The van der Waals surface area contributed by atoms with Gasteiger partial charge in [-0.1, -0.05) is 116 Å². The molecule has 3 aliphatic carbocycles. The summed E-state index contributed by atoms with van der Waals surface area (Å²) in [4.78, 5) is 30.4. The van der Waals surface area contributed by atoms with Crippen LogP contribution in [-0.4, -0.2) is 65.5 Å². The van der Waals surface area contributed by atoms with Crippen LogP contribution in [0.2, 0.25) is 0 Å². The summed E-state index contributed by atoms with van der Waals surface area (Å²) in [5, 5.41) is 26.1. The first-order chi connectivity index (χ1) is 27.6. The number of ether oxygens (including phenoxy) is 2. The first-order valence-electron chi connectivity index (χ1n) is 20.4. The Kier molecular flexibility index (Phi) is 12.4. The number of rotatable bonds is 10. The molecule has 1 amide bonds. The van der Waals surface area contributed by atoms with Crippen LogP contribution in [0.3, 0.4) is 0 Å². The maximum absolute atomic E-state index is 14.7. The molecule has 2 bridgehead atoms. The monoisotopic (exact) mass is 765 g/mol. The van der Waals surface area contributed by atoms with E-state index in [2.05, 4.69) is 38.1 Å². The van der Waals surface area contributed by atoms with Gasteiger partial charge in [0.05, 0.1) is 18.2 Å². The van der Waals surface area contributed by atoms with E-state index in [1.807, 2.05) is 91.0 Å². The van der Waals surface area contributed by atoms with Crippen LogP contribution in [0.25, 0.3) is 21.9 Å². The number of methoxy groups -OCH3 is 1. The Hall–Kier alpha value is -5.08. The highest BCUT2D eigenvalue weighted by atomic mass is 16.6. The van der Waals surface area contributed by atoms with Gasteiger partial charge in [-0.15, -0.1) is 0 Å². The van der Waals surface area contributed by atoms with Crippen LogP contribution < -0.4 is 4.74 Å². The zero-order valence-corrected chi connectivity index (χ0v) is 33.5. The van der Waals surface area contributed by atoms with Gasteiger partial charge in [-0.05, 0) is 115 Å². The summed E-state index contributed by atoms with van der Waals surface area (Å²) in [5.74, 6) is 0.182. The van der Waals surface area contributed by atoms with E-state index in [0.717, 1.165) is 39.4 Å². The lowest BCUT2D eigenvalue weighted by Crippen LogP contribution is -2.54. The van der Waals surface area contributed by atoms with Gasteiger partial charge < -0.3 is 24.6 Å². The Bertz CT molecular complexity index is 2210. The Morgan fingerprint density at radius 3 is 2.35 bits per heavy atom. The minimum absolute atomic E-state index is 0.0767. The molecule has 57 heavy (non-hydrogen) atoms. The van der Waals surface area contributed by atoms with E-state index in [4.69, 9.17) is 9.47 Å². The lowest BCUT2D eigenvalue weighted by molar-refractivity contribution is -0.0795. The summed E-state index contributed by atoms with van der Waals surface area (Å²) in [5.41, 5.74) is 4.30. The molecule has 0 radical (unpaired) electrons. The van der Waals surface area contributed by atoms with Crippen LogP contribution in [0.5, 0.6) is 5.75 Å². The molecule has 2 N–H and O–H groups in total. The van der Waals surface area contributed by atoms with Gasteiger partial charge in [-0.3, -0.25) is 4.79 Å². The third-order valence-electron chi connectivity index (χ3n) is 12.6. The number of carbonyl (C=O) groups is 2. The second-order valence-electron chi connectivity index (χ2n) is 16.4. The fraction of sp³-hybridized carbons (Fsp3) is 0.360. The van der Waals surface area contributed by atoms with Crippen molar-refractivity contribution in [2.45, 2.75) is 82.8 Å². The Morgan fingerprint density at radius 2 is 1.58 bits per heavy atom. The lowest BCUT2D eigenvalue weighted by Gasteiger charge is -2.46. The van der Waals surface area contributed by atoms with E-state index >= 15 is 0 Å². The Balaban J connectivity index is 1.24. The third-order valence-corrected chi connectivity index (χ3v) is 12.6. The third kappa shape index (κ3) is 8.91. The number of nitrogens with zero attached hydrogens (tertiary/aromatic N) is 1. The van der Waals surface area contributed by atoms with E-state index in [0.29, 0.717) is 75.0 Å². The smallest absolute Gasteiger partial charge is 0.410 e. The van der Waals surface area contributed by atoms with Crippen molar-refractivity contribution in [3.8, 4) is 16.9 Å². The molecule has 1 fully saturated rings. The molecule has 7 heteroatoms. The molecule has 0 spiro atoms. The minimum Gasteiger partial charge on any atom is -0.410 e. The number of carbonyl (C=O) groups excluding carboxylic acids is 2. The summed E-state index contributed by atoms with van der Waals surface area (Å²) < 4.78 is 11.4. The molecule has 7 nitrogen and oxygen atoms in total. The zero-order chi connectivity index (χ0) is 40.0. The van der Waals surface area contributed by atoms with Crippen molar-refractivity contribution in [1.29, 1.82) is 0 Å². The summed E-state index contributed by atoms with van der Waals surface area (Å²) in [6, 6.07) is 37.5. The maximum atomic E-state index is 14.7. The SMILES string of the molecule is COCCCN(C[C@]1(O)CC[C@H]2c3ccc(cc3C(=O)c3ccc(-c4ccccc4)cc3)C[C@@H](O)CCC(C)=CCC[C@@]21C)C(=O)Oc1ccc2ccccc2c1. The molecule has 8 rings (SSSR count). The average Bonchev–Trinajstić information content (AvgIpc) is 3.48. The van der Waals surface area contributed by atoms with Crippen molar-refractivity contribution in [3.63, 3.8) is 0 Å². The lowest BCUT2D eigenvalue weighted by atomic mass is 9.64. The van der Waals surface area contributed by atoms with E-state index < -0.39 is 23.2 Å². The van der Waals surface area contributed by atoms with Crippen molar-refractivity contribution in [2.75, 3.05) is 26.8 Å². The van der Waals surface area contributed by atoms with Gasteiger partial charge >= 0.3 is 6.09 Å². The van der Waals surface area contributed by atoms with Crippen LogP contribution in [0.1, 0.15) is 91.8 Å². The number of aliphatic hydroxyl groups excluding tert-OH is 1. The molecule has 5 aromatic carbocycles. The molecule has 3 aliphatic rings. The highest BCUT2D eigenvalue weighted by molar-refractivity contribution is 6.10. The van der Waals surface area contributed by atoms with Crippen LogP contribution >= 0.6 is 0 Å². The number of benzene rings is 5. The average molecular weight is 766 g/mol. The number of hydrogen-bond acceptors (Lipinski definition) is 6. The van der Waals surface area contributed by atoms with Crippen LogP contribution in [-0.2, 0) is 11.2 Å². The van der Waals surface area contributed by atoms with Gasteiger partial charge in [0.1, 0.15) is 5.75 Å². The predicted molar refractivity (Wildman–Crippen MR) is 227 cm³/mol. The quantitative estimate of drug-likeness (QED) is 0.0835. The predicted octanol–water partition coefficient (Wildman–Crippen LogP) is 10.3. The molecular formula is C50H55NO6. The van der Waals surface area contributed by atoms with Gasteiger partial charge in [0.15, 0.2) is 5.78 Å². The fourth-order valence-corrected chi connectivity index (χ4v) is 9.14. The van der Waals surface area contributed by atoms with Crippen molar-refractivity contribution >= 4 is 22.6 Å². The highest BCUT2D eigenvalue weighted by Crippen LogP contribution is 2.59. The Morgan fingerprint density at radius 1 is 0.842 bits per heavy atom. The maximum Gasteiger partial charge on any atom is 0.415 e. The van der Waals surface area contributed by atoms with E-state index in [1.54, 1.807) is 18.1 Å². The second-order valence-corrected chi connectivity index (χ2v) is 16.4. The van der Waals surface area contributed by atoms with Crippen molar-refractivity contribution in [2.24, 2.45) is 5.41 Å². The van der Waals surface area contributed by atoms with Crippen molar-refractivity contribution in [1.82, 2.24) is 4.90 Å². The molecular weight excluding hydrogens is 711 g/mol. The standard InChI is InChI=1S/C50H55NO6/c1-35-11-9-27-49(2)46(26-28-50(49,55)34-51(29-10-30-56-3)48(54)57-43-24-22-38-14-7-8-15-41(38)33-43)44-25-17-36(31-42(52)23-16-35)32-45(44)47(53)40-20-18-39(19-21-40)37-12-5-4-6-13-37/h4-8,11-15,17-22,24-25,32-33,42,46,52,55H,9-10,16,23,26-31,34H2,1-3H3/t42-,46-,49-,50+/m0/s1. The number of aliphatic hydroxyl groups is 2. The van der Waals surface area contributed by atoms with E-state index in [1.165, 1.54) is 5.57 Å². The van der Waals surface area contributed by atoms with Gasteiger partial charge in [0.25, 0.3) is 0 Å². The van der Waals surface area contributed by atoms with Gasteiger partial charge in [-0.25, -0.2) is 4.79 Å². The molecule has 0 saturated heterocycles. The first-order valence-corrected chi connectivity index (χ1v) is 20.4. The number of hydrogen-bond donors (Lipinski definition) is 2. The van der Waals surface area contributed by atoms with E-state index in [-0.39, 0.29) is 18.2 Å². The van der Waals surface area contributed by atoms with Gasteiger partial charge in [0.2, 0.25) is 0 Å². The number of fused-ring (bicyclic) bond motifs is 9. The summed E-state index contributed by atoms with van der Waals surface area (Å²) >= 11 is 0. The molecule has 1 saturated carbocycles. The number of amides is 1. The topological polar surface area (TPSA) is 96.3 Å². The minimum atomic E-state index is -1.29. The summed E-state index contributed by atoms with van der Waals surface area (Å²) in [7, 11) is 1.64. The largest absolute Gasteiger partial charge is 0.415 e. The second kappa shape index (κ2) is 17.6. The highest BCUT2D eigenvalue weighted by Gasteiger charge is 2.57.